The molecule has 0 aromatic rings. The van der Waals surface area contributed by atoms with E-state index in [1.807, 2.05) is 45.9 Å². The first-order valence-electron chi connectivity index (χ1n) is 15.6. The van der Waals surface area contributed by atoms with Crippen molar-refractivity contribution in [1.82, 2.24) is 5.32 Å². The molecule has 2 N–H and O–H groups in total. The van der Waals surface area contributed by atoms with Crippen LogP contribution in [0.4, 0.5) is 0 Å². The summed E-state index contributed by atoms with van der Waals surface area (Å²) in [7, 11) is 2.65. The maximum absolute atomic E-state index is 13.3. The van der Waals surface area contributed by atoms with Crippen molar-refractivity contribution in [2.45, 2.75) is 60.8 Å². The molecule has 1 saturated heterocycles. The number of aliphatic imine (C=N–C) groups is 3. The minimum Gasteiger partial charge on any atom is -0.510 e. The van der Waals surface area contributed by atoms with Crippen LogP contribution < -0.4 is 5.32 Å². The number of hydrogen-bond donors (Lipinski definition) is 2. The number of methoxy groups -OCH3 is 2. The molecule has 1 fully saturated rings. The molecule has 0 saturated carbocycles. The van der Waals surface area contributed by atoms with Crippen LogP contribution in [0.3, 0.4) is 0 Å². The summed E-state index contributed by atoms with van der Waals surface area (Å²) in [6.07, 6.45) is 7.02. The van der Waals surface area contributed by atoms with Crippen LogP contribution in [0, 0.1) is 17.8 Å². The lowest BCUT2D eigenvalue weighted by Crippen LogP contribution is -2.25. The van der Waals surface area contributed by atoms with Crippen LogP contribution in [0.25, 0.3) is 0 Å². The number of rotatable bonds is 6. The predicted octanol–water partition coefficient (Wildman–Crippen LogP) is 5.60. The number of esters is 2. The normalized spacial score (nSPS) is 25.0. The minimum atomic E-state index is -1.09. The highest BCUT2D eigenvalue weighted by molar-refractivity contribution is 6.24. The van der Waals surface area contributed by atoms with E-state index >= 15 is 0 Å². The van der Waals surface area contributed by atoms with Gasteiger partial charge in [0, 0.05) is 46.4 Å². The van der Waals surface area contributed by atoms with E-state index in [0.717, 1.165) is 45.8 Å². The van der Waals surface area contributed by atoms with Gasteiger partial charge >= 0.3 is 11.9 Å². The summed E-state index contributed by atoms with van der Waals surface area (Å²) >= 11 is 0. The lowest BCUT2D eigenvalue weighted by Gasteiger charge is -2.20. The highest BCUT2D eigenvalue weighted by atomic mass is 16.5. The van der Waals surface area contributed by atoms with Gasteiger partial charge in [-0.2, -0.15) is 0 Å². The molecule has 6 aliphatic rings. The Bertz CT molecular complexity index is 1880. The highest BCUT2D eigenvalue weighted by Crippen LogP contribution is 2.49. The molecule has 8 bridgehead atoms. The summed E-state index contributed by atoms with van der Waals surface area (Å²) in [6, 6.07) is 0. The molecule has 1 aliphatic carbocycles. The molecule has 238 valence electrons. The van der Waals surface area contributed by atoms with Crippen LogP contribution in [-0.4, -0.2) is 54.2 Å². The van der Waals surface area contributed by atoms with E-state index < -0.39 is 11.9 Å². The monoisotopic (exact) mass is 622 g/mol. The molecule has 5 aliphatic heterocycles. The number of aliphatic hydroxyl groups excluding tert-OH is 1. The third-order valence-corrected chi connectivity index (χ3v) is 9.85. The quantitative estimate of drug-likeness (QED) is 0.368. The maximum Gasteiger partial charge on any atom is 0.321 e. The van der Waals surface area contributed by atoms with Gasteiger partial charge in [-0.25, -0.2) is 15.0 Å². The number of Topliss-reactive ketones (excluding diaryl/α,β-unsaturated/α-hetero) is 1. The van der Waals surface area contributed by atoms with Gasteiger partial charge < -0.3 is 19.9 Å². The lowest BCUT2D eigenvalue weighted by atomic mass is 9.84. The van der Waals surface area contributed by atoms with E-state index in [4.69, 9.17) is 24.5 Å². The van der Waals surface area contributed by atoms with Gasteiger partial charge in [0.05, 0.1) is 48.4 Å². The van der Waals surface area contributed by atoms with Crippen LogP contribution in [-0.2, 0) is 23.9 Å². The molecule has 0 amide bonds. The predicted molar refractivity (Wildman–Crippen MR) is 175 cm³/mol. The second-order valence-electron chi connectivity index (χ2n) is 12.3. The summed E-state index contributed by atoms with van der Waals surface area (Å²) in [4.78, 5) is 53.5. The van der Waals surface area contributed by atoms with Crippen LogP contribution in [0.2, 0.25) is 0 Å². The van der Waals surface area contributed by atoms with Gasteiger partial charge in [0.25, 0.3) is 0 Å². The number of ketones is 1. The van der Waals surface area contributed by atoms with Gasteiger partial charge in [0.1, 0.15) is 11.7 Å². The highest BCUT2D eigenvalue weighted by Gasteiger charge is 2.49. The Hall–Kier alpha value is -4.86. The molecule has 46 heavy (non-hydrogen) atoms. The largest absolute Gasteiger partial charge is 0.510 e. The second-order valence-corrected chi connectivity index (χ2v) is 12.3. The molecule has 5 heterocycles. The first-order chi connectivity index (χ1) is 21.9. The number of hydrogen-bond acceptors (Lipinski definition) is 10. The number of ether oxygens (including phenoxy) is 2. The molecule has 10 heteroatoms. The number of carbonyl (C=O) groups excluding carboxylic acids is 3. The van der Waals surface area contributed by atoms with Gasteiger partial charge in [-0.3, -0.25) is 14.4 Å². The zero-order chi connectivity index (χ0) is 33.2. The Balaban J connectivity index is 1.67. The Morgan fingerprint density at radius 3 is 2.28 bits per heavy atom. The first kappa shape index (κ1) is 31.1. The van der Waals surface area contributed by atoms with Crippen LogP contribution in [0.15, 0.2) is 106 Å². The molecule has 0 aromatic carbocycles. The average Bonchev–Trinajstić information content (AvgIpc) is 3.76. The summed E-state index contributed by atoms with van der Waals surface area (Å²) in [5, 5.41) is 15.2. The molecule has 0 spiro atoms. The molecule has 0 aromatic heterocycles. The van der Waals surface area contributed by atoms with E-state index in [1.54, 1.807) is 6.92 Å². The van der Waals surface area contributed by atoms with Crippen LogP contribution >= 0.6 is 0 Å². The summed E-state index contributed by atoms with van der Waals surface area (Å²) in [6.45, 7) is 11.4. The topological polar surface area (TPSA) is 139 Å². The fraction of sp³-hybridized carbons (Fsp3) is 0.389. The fourth-order valence-electron chi connectivity index (χ4n) is 7.32. The first-order valence-corrected chi connectivity index (χ1v) is 15.6. The van der Waals surface area contributed by atoms with E-state index in [9.17, 15) is 19.5 Å². The Labute approximate surface area is 268 Å². The fourth-order valence-corrected chi connectivity index (χ4v) is 7.32. The number of nitrogens with zero attached hydrogens (tertiary/aromatic N) is 3. The number of nitrogens with one attached hydrogen (secondary N) is 1. The van der Waals surface area contributed by atoms with E-state index in [-0.39, 0.29) is 35.8 Å². The van der Waals surface area contributed by atoms with Crippen molar-refractivity contribution in [3.05, 3.63) is 91.5 Å². The van der Waals surface area contributed by atoms with Crippen molar-refractivity contribution in [2.24, 2.45) is 32.7 Å². The van der Waals surface area contributed by atoms with Crippen molar-refractivity contribution in [3.63, 3.8) is 0 Å². The minimum absolute atomic E-state index is 0.0917. The van der Waals surface area contributed by atoms with Crippen molar-refractivity contribution in [3.8, 4) is 0 Å². The molecule has 6 rings (SSSR count). The Kier molecular flexibility index (Phi) is 7.78. The van der Waals surface area contributed by atoms with Gasteiger partial charge in [0.15, 0.2) is 5.78 Å². The molecule has 1 unspecified atom stereocenters. The van der Waals surface area contributed by atoms with E-state index in [1.165, 1.54) is 14.2 Å². The van der Waals surface area contributed by atoms with Gasteiger partial charge in [-0.05, 0) is 81.1 Å². The van der Waals surface area contributed by atoms with Crippen molar-refractivity contribution in [1.29, 1.82) is 0 Å². The van der Waals surface area contributed by atoms with Gasteiger partial charge in [-0.15, -0.1) is 0 Å². The van der Waals surface area contributed by atoms with Crippen molar-refractivity contribution in [2.75, 3.05) is 14.2 Å². The third kappa shape index (κ3) is 4.69. The zero-order valence-electron chi connectivity index (χ0n) is 27.4. The van der Waals surface area contributed by atoms with E-state index in [0.29, 0.717) is 51.7 Å². The van der Waals surface area contributed by atoms with Crippen molar-refractivity contribution < 1.29 is 29.0 Å². The molecule has 0 radical (unpaired) electrons. The number of allylic oxidation sites excluding steroid dienone is 11. The number of carbonyl (C=O) groups is 3. The smallest absolute Gasteiger partial charge is 0.321 e. The lowest BCUT2D eigenvalue weighted by molar-refractivity contribution is -0.143. The number of aliphatic hydroxyl groups is 1. The van der Waals surface area contributed by atoms with Crippen LogP contribution in [0.5, 0.6) is 0 Å². The van der Waals surface area contributed by atoms with E-state index in [2.05, 4.69) is 12.2 Å². The maximum atomic E-state index is 13.3. The number of fused-ring (bicyclic) bond motifs is 5. The summed E-state index contributed by atoms with van der Waals surface area (Å²) < 4.78 is 10.2. The van der Waals surface area contributed by atoms with Gasteiger partial charge in [0.2, 0.25) is 0 Å². The average molecular weight is 623 g/mol. The SMILES string of the molecule is CCC1=C(C)C2=NC1=CC1=C(C)C3=C(O)C(C(=O)OC)C(=C4NC(=CC5=NC(=C2)C(C(C)=O)=C5C)[C@@H](C)[C@@H]4CCC(=O)OC)C3=N1. The second kappa shape index (κ2) is 11.5. The zero-order valence-corrected chi connectivity index (χ0v) is 27.4. The van der Waals surface area contributed by atoms with Gasteiger partial charge in [-0.1, -0.05) is 13.8 Å². The summed E-state index contributed by atoms with van der Waals surface area (Å²) in [5.74, 6) is -2.66. The van der Waals surface area contributed by atoms with Crippen LogP contribution in [0.1, 0.15) is 60.8 Å². The molecular weight excluding hydrogens is 584 g/mol. The third-order valence-electron chi connectivity index (χ3n) is 9.85. The molecule has 10 nitrogen and oxygen atoms in total. The molecular formula is C36H38N4O6. The van der Waals surface area contributed by atoms with Crippen molar-refractivity contribution >= 4 is 34.9 Å². The standard InChI is InChI=1S/C36H38N4O6/c1-9-20-15(2)22-14-27-29(19(6)41)17(4)24(38-27)12-23-16(3)21(10-11-28(42)45-7)33(39-23)31-32(36(44)46-8)35(43)30-18(5)25(40-34(30)31)13-26(20)37-22/h12-14,16,21,32,39,43H,9-11H2,1-8H3/t16-,21-,32?/m0/s1. The Morgan fingerprint density at radius 1 is 0.935 bits per heavy atom. The summed E-state index contributed by atoms with van der Waals surface area (Å²) in [5.41, 5.74) is 10.4. The Morgan fingerprint density at radius 2 is 1.63 bits per heavy atom. The molecule has 3 atom stereocenters.